The van der Waals surface area contributed by atoms with Crippen molar-refractivity contribution in [2.24, 2.45) is 0 Å². The summed E-state index contributed by atoms with van der Waals surface area (Å²) in [6.45, 7) is 1.82. The van der Waals surface area contributed by atoms with Crippen LogP contribution >= 0.6 is 0 Å². The summed E-state index contributed by atoms with van der Waals surface area (Å²) in [6, 6.07) is 12.5. The van der Waals surface area contributed by atoms with Crippen molar-refractivity contribution in [3.63, 3.8) is 0 Å². The third-order valence-corrected chi connectivity index (χ3v) is 4.07. The van der Waals surface area contributed by atoms with Gasteiger partial charge in [-0.05, 0) is 24.6 Å². The van der Waals surface area contributed by atoms with Gasteiger partial charge in [0.2, 0.25) is 5.82 Å². The number of aromatic nitrogens is 2. The summed E-state index contributed by atoms with van der Waals surface area (Å²) in [6.07, 6.45) is 0. The zero-order chi connectivity index (χ0) is 19.7. The van der Waals surface area contributed by atoms with Gasteiger partial charge in [-0.2, -0.15) is 4.98 Å². The number of nitro groups is 1. The minimum atomic E-state index is -0.493. The molecule has 0 atom stereocenters. The fourth-order valence-electron chi connectivity index (χ4n) is 2.73. The van der Waals surface area contributed by atoms with Crippen molar-refractivity contribution in [3.05, 3.63) is 80.5 Å². The highest BCUT2D eigenvalue weighted by atomic mass is 16.6. The highest BCUT2D eigenvalue weighted by Crippen LogP contribution is 2.24. The van der Waals surface area contributed by atoms with E-state index in [2.05, 4.69) is 10.1 Å². The maximum Gasteiger partial charge on any atom is 0.336 e. The quantitative estimate of drug-likeness (QED) is 0.293. The number of non-ortho nitro benzene ring substituents is 1. The molecule has 2 aromatic carbocycles. The molecule has 0 fully saturated rings. The summed E-state index contributed by atoms with van der Waals surface area (Å²) >= 11 is 0. The number of hydrogen-bond acceptors (Lipinski definition) is 8. The lowest BCUT2D eigenvalue weighted by Crippen LogP contribution is -1.99. The average Bonchev–Trinajstić information content (AvgIpc) is 3.15. The summed E-state index contributed by atoms with van der Waals surface area (Å²) < 4.78 is 15.9. The molecule has 0 saturated heterocycles. The van der Waals surface area contributed by atoms with Crippen molar-refractivity contribution in [1.29, 1.82) is 0 Å². The molecule has 0 unspecified atom stereocenters. The highest BCUT2D eigenvalue weighted by Gasteiger charge is 2.13. The van der Waals surface area contributed by atoms with Crippen LogP contribution in [0.4, 0.5) is 5.69 Å². The first-order chi connectivity index (χ1) is 13.5. The maximum atomic E-state index is 11.5. The summed E-state index contributed by atoms with van der Waals surface area (Å²) in [5.41, 5.74) is 1.21. The van der Waals surface area contributed by atoms with E-state index in [1.165, 1.54) is 18.2 Å². The summed E-state index contributed by atoms with van der Waals surface area (Å²) in [7, 11) is 0. The van der Waals surface area contributed by atoms with E-state index >= 15 is 0 Å². The van der Waals surface area contributed by atoms with Crippen LogP contribution in [0, 0.1) is 17.0 Å². The van der Waals surface area contributed by atoms with Gasteiger partial charge in [-0.1, -0.05) is 17.3 Å². The zero-order valence-electron chi connectivity index (χ0n) is 14.6. The molecule has 4 rings (SSSR count). The van der Waals surface area contributed by atoms with E-state index in [9.17, 15) is 14.9 Å². The van der Waals surface area contributed by atoms with E-state index in [4.69, 9.17) is 13.7 Å². The van der Waals surface area contributed by atoms with E-state index in [1.54, 1.807) is 30.3 Å². The summed E-state index contributed by atoms with van der Waals surface area (Å²) in [5.74, 6) is 0.895. The smallest absolute Gasteiger partial charge is 0.336 e. The Labute approximate surface area is 157 Å². The lowest BCUT2D eigenvalue weighted by atomic mass is 10.1. The van der Waals surface area contributed by atoms with Gasteiger partial charge >= 0.3 is 5.63 Å². The Kier molecular flexibility index (Phi) is 4.32. The fourth-order valence-corrected chi connectivity index (χ4v) is 2.73. The molecule has 0 aliphatic heterocycles. The van der Waals surface area contributed by atoms with E-state index in [-0.39, 0.29) is 24.0 Å². The fraction of sp³-hybridized carbons (Fsp3) is 0.105. The van der Waals surface area contributed by atoms with Gasteiger partial charge in [0.25, 0.3) is 11.6 Å². The van der Waals surface area contributed by atoms with Gasteiger partial charge in [-0.15, -0.1) is 0 Å². The number of benzene rings is 2. The van der Waals surface area contributed by atoms with Gasteiger partial charge in [0.05, 0.1) is 4.92 Å². The SMILES string of the molecule is Cc1cc(=O)oc2cc(OCc3nc(-c4cccc([N+](=O)[O-])c4)no3)ccc12. The van der Waals surface area contributed by atoms with Crippen LogP contribution in [0.2, 0.25) is 0 Å². The van der Waals surface area contributed by atoms with Gasteiger partial charge in [0.15, 0.2) is 6.61 Å². The Balaban J connectivity index is 1.52. The molecule has 0 N–H and O–H groups in total. The Morgan fingerprint density at radius 3 is 2.86 bits per heavy atom. The Morgan fingerprint density at radius 1 is 1.18 bits per heavy atom. The van der Waals surface area contributed by atoms with Gasteiger partial charge < -0.3 is 13.7 Å². The van der Waals surface area contributed by atoms with E-state index in [1.807, 2.05) is 6.92 Å². The number of aryl methyl sites for hydroxylation is 1. The molecule has 0 aliphatic rings. The van der Waals surface area contributed by atoms with Crippen LogP contribution in [0.25, 0.3) is 22.4 Å². The van der Waals surface area contributed by atoms with Crippen molar-refractivity contribution in [2.75, 3.05) is 0 Å². The monoisotopic (exact) mass is 379 g/mol. The number of hydrogen-bond donors (Lipinski definition) is 0. The van der Waals surface area contributed by atoms with Crippen LogP contribution in [-0.2, 0) is 6.61 Å². The van der Waals surface area contributed by atoms with Gasteiger partial charge in [0.1, 0.15) is 11.3 Å². The first-order valence-electron chi connectivity index (χ1n) is 8.24. The lowest BCUT2D eigenvalue weighted by Gasteiger charge is -2.05. The highest BCUT2D eigenvalue weighted by molar-refractivity contribution is 5.81. The van der Waals surface area contributed by atoms with E-state index in [0.29, 0.717) is 16.9 Å². The second-order valence-electron chi connectivity index (χ2n) is 6.01. The summed E-state index contributed by atoms with van der Waals surface area (Å²) in [4.78, 5) is 26.1. The van der Waals surface area contributed by atoms with Crippen molar-refractivity contribution in [1.82, 2.24) is 10.1 Å². The number of fused-ring (bicyclic) bond motifs is 1. The lowest BCUT2D eigenvalue weighted by molar-refractivity contribution is -0.384. The summed E-state index contributed by atoms with van der Waals surface area (Å²) in [5, 5.41) is 15.5. The Morgan fingerprint density at radius 2 is 2.04 bits per heavy atom. The number of nitro benzene ring substituents is 1. The number of ether oxygens (including phenoxy) is 1. The molecule has 0 saturated carbocycles. The molecule has 0 amide bonds. The van der Waals surface area contributed by atoms with Crippen molar-refractivity contribution in [3.8, 4) is 17.1 Å². The van der Waals surface area contributed by atoms with Gasteiger partial charge in [0, 0.05) is 35.2 Å². The third-order valence-electron chi connectivity index (χ3n) is 4.07. The predicted octanol–water partition coefficient (Wildman–Crippen LogP) is 3.64. The maximum absolute atomic E-state index is 11.5. The molecule has 2 aromatic heterocycles. The second-order valence-corrected chi connectivity index (χ2v) is 6.01. The molecular weight excluding hydrogens is 366 g/mol. The molecule has 0 spiro atoms. The predicted molar refractivity (Wildman–Crippen MR) is 97.9 cm³/mol. The van der Waals surface area contributed by atoms with Crippen LogP contribution in [0.15, 0.2) is 62.3 Å². The van der Waals surface area contributed by atoms with Crippen LogP contribution in [0.3, 0.4) is 0 Å². The molecular formula is C19H13N3O6. The number of rotatable bonds is 5. The average molecular weight is 379 g/mol. The third kappa shape index (κ3) is 3.45. The minimum absolute atomic E-state index is 0.0104. The van der Waals surface area contributed by atoms with Crippen molar-refractivity contribution < 1.29 is 18.6 Å². The first kappa shape index (κ1) is 17.4. The number of nitrogens with zero attached hydrogens (tertiary/aromatic N) is 3. The standard InChI is InChI=1S/C19H13N3O6/c1-11-7-18(23)27-16-9-14(5-6-15(11)16)26-10-17-20-19(21-28-17)12-3-2-4-13(8-12)22(24)25/h2-9H,10H2,1H3. The van der Waals surface area contributed by atoms with Crippen LogP contribution in [0.5, 0.6) is 5.75 Å². The molecule has 2 heterocycles. The molecule has 140 valence electrons. The molecule has 0 radical (unpaired) electrons. The van der Waals surface area contributed by atoms with E-state index < -0.39 is 10.5 Å². The zero-order valence-corrected chi connectivity index (χ0v) is 14.6. The van der Waals surface area contributed by atoms with Gasteiger partial charge in [-0.3, -0.25) is 10.1 Å². The molecule has 28 heavy (non-hydrogen) atoms. The molecule has 9 heteroatoms. The normalized spacial score (nSPS) is 10.9. The Hall–Kier alpha value is -4.01. The van der Waals surface area contributed by atoms with Crippen molar-refractivity contribution in [2.45, 2.75) is 13.5 Å². The topological polar surface area (TPSA) is 122 Å². The molecule has 9 nitrogen and oxygen atoms in total. The van der Waals surface area contributed by atoms with Crippen LogP contribution in [0.1, 0.15) is 11.5 Å². The molecule has 0 bridgehead atoms. The minimum Gasteiger partial charge on any atom is -0.484 e. The second kappa shape index (κ2) is 6.95. The van der Waals surface area contributed by atoms with Crippen LogP contribution < -0.4 is 10.4 Å². The Bertz CT molecular complexity index is 1240. The largest absolute Gasteiger partial charge is 0.484 e. The van der Waals surface area contributed by atoms with E-state index in [0.717, 1.165) is 10.9 Å². The molecule has 4 aromatic rings. The molecule has 0 aliphatic carbocycles. The van der Waals surface area contributed by atoms with Crippen molar-refractivity contribution >= 4 is 16.7 Å². The van der Waals surface area contributed by atoms with Crippen LogP contribution in [-0.4, -0.2) is 15.1 Å². The first-order valence-corrected chi connectivity index (χ1v) is 8.24. The van der Waals surface area contributed by atoms with Gasteiger partial charge in [-0.25, -0.2) is 4.79 Å².